The van der Waals surface area contributed by atoms with E-state index in [0.29, 0.717) is 18.8 Å². The average Bonchev–Trinajstić information content (AvgIpc) is 2.68. The van der Waals surface area contributed by atoms with Crippen LogP contribution in [-0.2, 0) is 0 Å². The van der Waals surface area contributed by atoms with Crippen LogP contribution < -0.4 is 4.74 Å². The number of carbonyl (C=O) groups excluding carboxylic acids is 1. The summed E-state index contributed by atoms with van der Waals surface area (Å²) in [5.74, 6) is 0.823. The molecule has 25 heavy (non-hydrogen) atoms. The molecule has 1 aliphatic rings. The maximum Gasteiger partial charge on any atom is 0.274 e. The van der Waals surface area contributed by atoms with Gasteiger partial charge >= 0.3 is 0 Å². The van der Waals surface area contributed by atoms with Crippen molar-refractivity contribution in [2.75, 3.05) is 13.1 Å². The molecule has 1 aliphatic heterocycles. The van der Waals surface area contributed by atoms with Crippen molar-refractivity contribution in [1.82, 2.24) is 14.9 Å². The number of piperidine rings is 1. The Labute approximate surface area is 146 Å². The first-order valence-electron chi connectivity index (χ1n) is 8.52. The molecule has 0 atom stereocenters. The largest absolute Gasteiger partial charge is 0.490 e. The predicted octanol–water partition coefficient (Wildman–Crippen LogP) is 3.31. The van der Waals surface area contributed by atoms with Crippen LogP contribution in [0.15, 0.2) is 60.8 Å². The first-order valence-corrected chi connectivity index (χ1v) is 8.52. The molecule has 0 bridgehead atoms. The first kappa shape index (κ1) is 15.6. The molecule has 3 aromatic rings. The normalized spacial score (nSPS) is 15.3. The third-order valence-electron chi connectivity index (χ3n) is 4.44. The van der Waals surface area contributed by atoms with Crippen LogP contribution in [0.5, 0.6) is 5.75 Å². The van der Waals surface area contributed by atoms with Crippen LogP contribution >= 0.6 is 0 Å². The maximum absolute atomic E-state index is 12.7. The summed E-state index contributed by atoms with van der Waals surface area (Å²) < 4.78 is 5.98. The van der Waals surface area contributed by atoms with Gasteiger partial charge in [-0.05, 0) is 24.3 Å². The van der Waals surface area contributed by atoms with Gasteiger partial charge in [-0.3, -0.25) is 9.78 Å². The lowest BCUT2D eigenvalue weighted by molar-refractivity contribution is 0.0590. The summed E-state index contributed by atoms with van der Waals surface area (Å²) in [5, 5.41) is 0. The number of benzene rings is 2. The Morgan fingerprint density at radius 2 is 1.64 bits per heavy atom. The van der Waals surface area contributed by atoms with Gasteiger partial charge in [-0.1, -0.05) is 30.3 Å². The van der Waals surface area contributed by atoms with E-state index < -0.39 is 0 Å². The van der Waals surface area contributed by atoms with E-state index in [1.54, 1.807) is 6.20 Å². The fraction of sp³-hybridized carbons (Fsp3) is 0.250. The van der Waals surface area contributed by atoms with Crippen molar-refractivity contribution in [3.63, 3.8) is 0 Å². The highest BCUT2D eigenvalue weighted by Gasteiger charge is 2.25. The molecule has 126 valence electrons. The highest BCUT2D eigenvalue weighted by atomic mass is 16.5. The summed E-state index contributed by atoms with van der Waals surface area (Å²) in [6, 6.07) is 17.4. The van der Waals surface area contributed by atoms with Gasteiger partial charge in [-0.2, -0.15) is 0 Å². The molecule has 5 nitrogen and oxygen atoms in total. The number of likely N-dealkylation sites (tertiary alicyclic amines) is 1. The number of para-hydroxylation sites is 3. The standard InChI is InChI=1S/C20H19N3O2/c24-20(19-14-21-17-8-4-5-9-18(17)22-19)23-12-10-16(11-13-23)25-15-6-2-1-3-7-15/h1-9,14,16H,10-13H2. The van der Waals surface area contributed by atoms with Gasteiger partial charge in [0, 0.05) is 25.9 Å². The van der Waals surface area contributed by atoms with Gasteiger partial charge in [0.1, 0.15) is 17.5 Å². The monoisotopic (exact) mass is 333 g/mol. The molecule has 4 rings (SSSR count). The average molecular weight is 333 g/mol. The highest BCUT2D eigenvalue weighted by molar-refractivity contribution is 5.93. The Balaban J connectivity index is 1.40. The van der Waals surface area contributed by atoms with Gasteiger partial charge < -0.3 is 9.64 Å². The van der Waals surface area contributed by atoms with Gasteiger partial charge in [0.25, 0.3) is 5.91 Å². The van der Waals surface area contributed by atoms with Crippen LogP contribution in [-0.4, -0.2) is 40.0 Å². The lowest BCUT2D eigenvalue weighted by Gasteiger charge is -2.32. The third-order valence-corrected chi connectivity index (χ3v) is 4.44. The minimum Gasteiger partial charge on any atom is -0.490 e. The van der Waals surface area contributed by atoms with Crippen molar-refractivity contribution in [1.29, 1.82) is 0 Å². The lowest BCUT2D eigenvalue weighted by Crippen LogP contribution is -2.42. The molecule has 2 aromatic carbocycles. The van der Waals surface area contributed by atoms with E-state index >= 15 is 0 Å². The molecule has 0 unspecified atom stereocenters. The molecule has 5 heteroatoms. The number of nitrogens with zero attached hydrogens (tertiary/aromatic N) is 3. The number of hydrogen-bond acceptors (Lipinski definition) is 4. The molecule has 0 aliphatic carbocycles. The molecule has 1 fully saturated rings. The Bertz CT molecular complexity index is 874. The first-order chi connectivity index (χ1) is 12.3. The minimum atomic E-state index is -0.0589. The Kier molecular flexibility index (Phi) is 4.29. The van der Waals surface area contributed by atoms with Crippen LogP contribution in [0.4, 0.5) is 0 Å². The zero-order valence-electron chi connectivity index (χ0n) is 13.8. The zero-order valence-corrected chi connectivity index (χ0v) is 13.8. The SMILES string of the molecule is O=C(c1cnc2ccccc2n1)N1CCC(Oc2ccccc2)CC1. The number of fused-ring (bicyclic) bond motifs is 1. The summed E-state index contributed by atoms with van der Waals surface area (Å²) in [7, 11) is 0. The van der Waals surface area contributed by atoms with Crippen molar-refractivity contribution in [2.24, 2.45) is 0 Å². The zero-order chi connectivity index (χ0) is 17.1. The van der Waals surface area contributed by atoms with Crippen LogP contribution in [0.25, 0.3) is 11.0 Å². The number of rotatable bonds is 3. The van der Waals surface area contributed by atoms with Crippen LogP contribution in [0, 0.1) is 0 Å². The Hall–Kier alpha value is -2.95. The molecular formula is C20H19N3O2. The number of aromatic nitrogens is 2. The lowest BCUT2D eigenvalue weighted by atomic mass is 10.1. The van der Waals surface area contributed by atoms with Gasteiger partial charge in [0.15, 0.2) is 0 Å². The van der Waals surface area contributed by atoms with Gasteiger partial charge in [0.05, 0.1) is 17.2 Å². The highest BCUT2D eigenvalue weighted by Crippen LogP contribution is 2.20. The molecule has 1 saturated heterocycles. The second-order valence-corrected chi connectivity index (χ2v) is 6.17. The van der Waals surface area contributed by atoms with Crippen molar-refractivity contribution >= 4 is 16.9 Å². The van der Waals surface area contributed by atoms with Crippen LogP contribution in [0.3, 0.4) is 0 Å². The van der Waals surface area contributed by atoms with E-state index in [0.717, 1.165) is 29.6 Å². The Morgan fingerprint density at radius 3 is 2.40 bits per heavy atom. The third kappa shape index (κ3) is 3.45. The molecule has 0 spiro atoms. The molecule has 1 aromatic heterocycles. The smallest absolute Gasteiger partial charge is 0.274 e. The number of hydrogen-bond donors (Lipinski definition) is 0. The molecule has 0 saturated carbocycles. The predicted molar refractivity (Wildman–Crippen MR) is 95.5 cm³/mol. The van der Waals surface area contributed by atoms with Crippen molar-refractivity contribution in [3.8, 4) is 5.75 Å². The summed E-state index contributed by atoms with van der Waals surface area (Å²) >= 11 is 0. The number of carbonyl (C=O) groups is 1. The fourth-order valence-corrected chi connectivity index (χ4v) is 3.09. The van der Waals surface area contributed by atoms with E-state index in [9.17, 15) is 4.79 Å². The van der Waals surface area contributed by atoms with E-state index in [1.165, 1.54) is 0 Å². The topological polar surface area (TPSA) is 55.3 Å². The number of ether oxygens (including phenoxy) is 1. The van der Waals surface area contributed by atoms with Crippen molar-refractivity contribution in [2.45, 2.75) is 18.9 Å². The molecular weight excluding hydrogens is 314 g/mol. The van der Waals surface area contributed by atoms with Crippen LogP contribution in [0.2, 0.25) is 0 Å². The quantitative estimate of drug-likeness (QED) is 0.738. The minimum absolute atomic E-state index is 0.0589. The molecule has 0 radical (unpaired) electrons. The molecule has 0 N–H and O–H groups in total. The van der Waals surface area contributed by atoms with Crippen molar-refractivity contribution < 1.29 is 9.53 Å². The van der Waals surface area contributed by atoms with E-state index in [2.05, 4.69) is 9.97 Å². The summed E-state index contributed by atoms with van der Waals surface area (Å²) in [6.45, 7) is 1.34. The summed E-state index contributed by atoms with van der Waals surface area (Å²) in [5.41, 5.74) is 1.95. The molecule has 2 heterocycles. The second kappa shape index (κ2) is 6.89. The van der Waals surface area contributed by atoms with E-state index in [4.69, 9.17) is 4.74 Å². The van der Waals surface area contributed by atoms with Crippen molar-refractivity contribution in [3.05, 3.63) is 66.5 Å². The van der Waals surface area contributed by atoms with Gasteiger partial charge in [0.2, 0.25) is 0 Å². The van der Waals surface area contributed by atoms with Crippen LogP contribution in [0.1, 0.15) is 23.3 Å². The second-order valence-electron chi connectivity index (χ2n) is 6.17. The van der Waals surface area contributed by atoms with E-state index in [1.807, 2.05) is 59.5 Å². The summed E-state index contributed by atoms with van der Waals surface area (Å²) in [6.07, 6.45) is 3.36. The maximum atomic E-state index is 12.7. The summed E-state index contributed by atoms with van der Waals surface area (Å²) in [4.78, 5) is 23.3. The number of amides is 1. The van der Waals surface area contributed by atoms with E-state index in [-0.39, 0.29) is 12.0 Å². The fourth-order valence-electron chi connectivity index (χ4n) is 3.09. The van der Waals surface area contributed by atoms with Gasteiger partial charge in [-0.25, -0.2) is 4.98 Å². The molecule has 1 amide bonds. The Morgan fingerprint density at radius 1 is 0.960 bits per heavy atom. The van der Waals surface area contributed by atoms with Gasteiger partial charge in [-0.15, -0.1) is 0 Å².